The number of imide groups is 1. The highest BCUT2D eigenvalue weighted by Crippen LogP contribution is 2.58. The maximum atomic E-state index is 14.2. The molecule has 3 aromatic carbocycles. The molecule has 3 amide bonds. The van der Waals surface area contributed by atoms with Crippen molar-refractivity contribution in [2.24, 2.45) is 23.2 Å². The van der Waals surface area contributed by atoms with Gasteiger partial charge in [-0.3, -0.25) is 14.5 Å². The Labute approximate surface area is 256 Å². The molecule has 2 heterocycles. The number of benzene rings is 3. The van der Waals surface area contributed by atoms with Crippen LogP contribution >= 0.6 is 0 Å². The molecule has 2 saturated heterocycles. The van der Waals surface area contributed by atoms with Crippen LogP contribution < -0.4 is 10.2 Å². The molecule has 0 radical (unpaired) electrons. The van der Waals surface area contributed by atoms with Gasteiger partial charge in [0.25, 0.3) is 0 Å². The number of hydrogen-bond donors (Lipinski definition) is 2. The zero-order valence-electron chi connectivity index (χ0n) is 24.5. The van der Waals surface area contributed by atoms with E-state index in [1.807, 2.05) is 37.3 Å². The monoisotopic (exact) mass is 617 g/mol. The Morgan fingerprint density at radius 2 is 1.61 bits per heavy atom. The molecule has 230 valence electrons. The molecule has 3 aromatic rings. The molecule has 1 spiro atoms. The number of para-hydroxylation sites is 1. The molecule has 6 atom stereocenters. The number of nitrogens with one attached hydrogen (secondary N) is 1. The first-order valence-corrected chi connectivity index (χ1v) is 16.1. The van der Waals surface area contributed by atoms with Crippen molar-refractivity contribution in [1.82, 2.24) is 9.62 Å². The van der Waals surface area contributed by atoms with E-state index in [4.69, 9.17) is 4.74 Å². The number of carbonyl (C=O) groups is 3. The summed E-state index contributed by atoms with van der Waals surface area (Å²) < 4.78 is 34.7. The lowest BCUT2D eigenvalue weighted by atomic mass is 9.56. The second-order valence-electron chi connectivity index (χ2n) is 12.0. The highest BCUT2D eigenvalue weighted by molar-refractivity contribution is 7.89. The van der Waals surface area contributed by atoms with E-state index in [0.717, 1.165) is 16.0 Å². The van der Waals surface area contributed by atoms with E-state index in [2.05, 4.69) is 5.32 Å². The lowest BCUT2D eigenvalue weighted by Gasteiger charge is -2.49. The number of anilines is 1. The van der Waals surface area contributed by atoms with Gasteiger partial charge in [0, 0.05) is 25.0 Å². The number of ether oxygens (including phenoxy) is 1. The number of carbonyl (C=O) groups excluding carboxylic acids is 3. The third kappa shape index (κ3) is 4.98. The van der Waals surface area contributed by atoms with Crippen molar-refractivity contribution in [3.8, 4) is 0 Å². The van der Waals surface area contributed by atoms with Crippen LogP contribution in [0.25, 0.3) is 0 Å². The zero-order chi connectivity index (χ0) is 31.2. The molecule has 0 aromatic heterocycles. The minimum Gasteiger partial charge on any atom is -0.443 e. The summed E-state index contributed by atoms with van der Waals surface area (Å²) in [6.07, 6.45) is -3.41. The molecule has 44 heavy (non-hydrogen) atoms. The van der Waals surface area contributed by atoms with E-state index in [1.165, 1.54) is 16.4 Å². The molecule has 2 aliphatic heterocycles. The Hall–Kier alpha value is -4.06. The van der Waals surface area contributed by atoms with Gasteiger partial charge in [-0.05, 0) is 49.1 Å². The average molecular weight is 618 g/mol. The molecule has 3 fully saturated rings. The van der Waals surface area contributed by atoms with Gasteiger partial charge in [-0.15, -0.1) is 0 Å². The molecule has 1 saturated carbocycles. The van der Waals surface area contributed by atoms with Gasteiger partial charge < -0.3 is 15.2 Å². The molecular weight excluding hydrogens is 582 g/mol. The van der Waals surface area contributed by atoms with Gasteiger partial charge in [-0.1, -0.05) is 73.2 Å². The van der Waals surface area contributed by atoms with Gasteiger partial charge in [0.1, 0.15) is 6.10 Å². The maximum absolute atomic E-state index is 14.2. The summed E-state index contributed by atoms with van der Waals surface area (Å²) in [5.41, 5.74) is 0.764. The van der Waals surface area contributed by atoms with Crippen LogP contribution in [0.1, 0.15) is 24.5 Å². The summed E-state index contributed by atoms with van der Waals surface area (Å²) in [5.74, 6) is -3.41. The Balaban J connectivity index is 1.35. The Morgan fingerprint density at radius 1 is 0.977 bits per heavy atom. The smallest absolute Gasteiger partial charge is 0.407 e. The number of aliphatic hydroxyl groups is 1. The summed E-state index contributed by atoms with van der Waals surface area (Å²) in [6, 6.07) is 24.3. The number of nitrogens with zero attached hydrogens (tertiary/aromatic N) is 2. The summed E-state index contributed by atoms with van der Waals surface area (Å²) in [4.78, 5) is 42.3. The van der Waals surface area contributed by atoms with Gasteiger partial charge in [0.2, 0.25) is 21.8 Å². The quantitative estimate of drug-likeness (QED) is 0.405. The predicted octanol–water partition coefficient (Wildman–Crippen LogP) is 3.49. The van der Waals surface area contributed by atoms with Crippen molar-refractivity contribution in [1.29, 1.82) is 0 Å². The topological polar surface area (TPSA) is 133 Å². The third-order valence-corrected chi connectivity index (χ3v) is 11.3. The van der Waals surface area contributed by atoms with Crippen LogP contribution in [0.4, 0.5) is 10.5 Å². The minimum absolute atomic E-state index is 0.0240. The normalized spacial score (nSPS) is 28.7. The van der Waals surface area contributed by atoms with Crippen LogP contribution in [0.3, 0.4) is 0 Å². The molecule has 3 aliphatic rings. The summed E-state index contributed by atoms with van der Waals surface area (Å²) in [7, 11) is -4.00. The van der Waals surface area contributed by atoms with E-state index in [9.17, 15) is 27.9 Å². The largest absolute Gasteiger partial charge is 0.443 e. The number of fused-ring (bicyclic) bond motifs is 2. The maximum Gasteiger partial charge on any atom is 0.407 e. The molecule has 10 nitrogen and oxygen atoms in total. The lowest BCUT2D eigenvalue weighted by molar-refractivity contribution is -0.163. The van der Waals surface area contributed by atoms with Crippen molar-refractivity contribution >= 4 is 33.6 Å². The van der Waals surface area contributed by atoms with Gasteiger partial charge in [0.15, 0.2) is 0 Å². The van der Waals surface area contributed by atoms with Crippen LogP contribution in [0.15, 0.2) is 89.8 Å². The Kier molecular flexibility index (Phi) is 7.81. The molecule has 6 rings (SSSR count). The van der Waals surface area contributed by atoms with Crippen LogP contribution in [0, 0.1) is 30.1 Å². The van der Waals surface area contributed by atoms with Crippen molar-refractivity contribution in [3.63, 3.8) is 0 Å². The summed E-state index contributed by atoms with van der Waals surface area (Å²) in [5, 5.41) is 14.7. The van der Waals surface area contributed by atoms with E-state index < -0.39 is 63.3 Å². The van der Waals surface area contributed by atoms with E-state index in [-0.39, 0.29) is 31.0 Å². The molecule has 1 aliphatic carbocycles. The van der Waals surface area contributed by atoms with E-state index in [1.54, 1.807) is 49.4 Å². The number of rotatable bonds is 6. The van der Waals surface area contributed by atoms with Crippen molar-refractivity contribution in [2.75, 3.05) is 18.0 Å². The second-order valence-corrected chi connectivity index (χ2v) is 14.0. The van der Waals surface area contributed by atoms with Crippen molar-refractivity contribution < 1.29 is 32.6 Å². The van der Waals surface area contributed by atoms with Crippen molar-refractivity contribution in [3.05, 3.63) is 96.1 Å². The first-order chi connectivity index (χ1) is 21.0. The van der Waals surface area contributed by atoms with Crippen molar-refractivity contribution in [2.45, 2.75) is 43.9 Å². The Bertz CT molecular complexity index is 1670. The SMILES string of the molecule is Cc1ccc(S(=O)(=O)N2C[C@@H](C)[C@]3(C2)[C@H](O)[C@H](OC(=O)NCc2ccccc2)C[C@H]2C(=O)N(c4ccccc4)C(=O)[C@H]23)cc1. The number of amides is 3. The zero-order valence-corrected chi connectivity index (χ0v) is 25.3. The van der Waals surface area contributed by atoms with Crippen LogP contribution in [0.2, 0.25) is 0 Å². The number of sulfonamides is 1. The average Bonchev–Trinajstić information content (AvgIpc) is 3.49. The molecule has 0 bridgehead atoms. The number of hydrogen-bond acceptors (Lipinski definition) is 7. The first kappa shape index (κ1) is 30.0. The molecule has 2 N–H and O–H groups in total. The molecular formula is C33H35N3O7S. The number of alkyl carbamates (subject to hydrolysis) is 1. The predicted molar refractivity (Wildman–Crippen MR) is 162 cm³/mol. The second kappa shape index (κ2) is 11.5. The number of aliphatic hydroxyl groups excluding tert-OH is 1. The minimum atomic E-state index is -4.00. The van der Waals surface area contributed by atoms with Crippen LogP contribution in [-0.2, 0) is 30.9 Å². The standard InChI is InChI=1S/C33H35N3O7S/c1-21-13-15-25(16-14-21)44(41,42)35-19-22(2)33(20-35)28-26(30(38)36(31(28)39)24-11-7-4-8-12-24)17-27(29(33)37)43-32(40)34-18-23-9-5-3-6-10-23/h3-16,22,26-29,37H,17-20H2,1-2H3,(H,34,40)/t22-,26-,27-,28+,29-,33+/m1/s1. The highest BCUT2D eigenvalue weighted by Gasteiger charge is 2.70. The summed E-state index contributed by atoms with van der Waals surface area (Å²) >= 11 is 0. The van der Waals surface area contributed by atoms with Gasteiger partial charge >= 0.3 is 6.09 Å². The highest BCUT2D eigenvalue weighted by atomic mass is 32.2. The van der Waals surface area contributed by atoms with Gasteiger partial charge in [-0.2, -0.15) is 4.31 Å². The Morgan fingerprint density at radius 3 is 2.27 bits per heavy atom. The van der Waals surface area contributed by atoms with E-state index >= 15 is 0 Å². The first-order valence-electron chi connectivity index (χ1n) is 14.7. The molecule has 11 heteroatoms. The molecule has 0 unspecified atom stereocenters. The van der Waals surface area contributed by atoms with Crippen LogP contribution in [0.5, 0.6) is 0 Å². The lowest BCUT2D eigenvalue weighted by Crippen LogP contribution is -2.61. The van der Waals surface area contributed by atoms with Gasteiger partial charge in [-0.25, -0.2) is 13.2 Å². The van der Waals surface area contributed by atoms with Crippen LogP contribution in [-0.4, -0.2) is 61.0 Å². The fourth-order valence-corrected chi connectivity index (χ4v) is 8.80. The third-order valence-electron chi connectivity index (χ3n) is 9.45. The van der Waals surface area contributed by atoms with Gasteiger partial charge in [0.05, 0.1) is 28.5 Å². The fraction of sp³-hybridized carbons (Fsp3) is 0.364. The van der Waals surface area contributed by atoms with E-state index in [0.29, 0.717) is 5.69 Å². The number of aryl methyl sites for hydroxylation is 1. The summed E-state index contributed by atoms with van der Waals surface area (Å²) in [6.45, 7) is 3.65. The fourth-order valence-electron chi connectivity index (χ4n) is 7.21.